The molecule has 34 heavy (non-hydrogen) atoms. The number of pyridine rings is 1. The molecule has 0 saturated carbocycles. The van der Waals surface area contributed by atoms with E-state index in [2.05, 4.69) is 25.8 Å². The van der Waals surface area contributed by atoms with Crippen molar-refractivity contribution in [3.8, 4) is 17.3 Å². The molecule has 2 aromatic rings. The molecular weight excluding hydrogens is 432 g/mol. The highest BCUT2D eigenvalue weighted by molar-refractivity contribution is 5.84. The molecule has 0 amide bonds. The number of aromatic nitrogens is 3. The molecule has 0 bridgehead atoms. The summed E-state index contributed by atoms with van der Waals surface area (Å²) in [5.41, 5.74) is 2.80. The van der Waals surface area contributed by atoms with E-state index >= 15 is 0 Å². The Balaban J connectivity index is 1.52. The van der Waals surface area contributed by atoms with Crippen LogP contribution in [0.1, 0.15) is 58.7 Å². The first-order valence-electron chi connectivity index (χ1n) is 12.0. The van der Waals surface area contributed by atoms with Gasteiger partial charge in [0.15, 0.2) is 17.4 Å². The van der Waals surface area contributed by atoms with Crippen LogP contribution in [0.2, 0.25) is 0 Å². The summed E-state index contributed by atoms with van der Waals surface area (Å²) in [6.07, 6.45) is 5.00. The Bertz CT molecular complexity index is 1050. The molecule has 0 radical (unpaired) electrons. The van der Waals surface area contributed by atoms with E-state index in [0.29, 0.717) is 43.4 Å². The van der Waals surface area contributed by atoms with Gasteiger partial charge in [0.25, 0.3) is 0 Å². The van der Waals surface area contributed by atoms with E-state index < -0.39 is 5.79 Å². The lowest BCUT2D eigenvalue weighted by molar-refractivity contribution is -0.141. The molecule has 0 N–H and O–H groups in total. The number of hydrogen-bond acceptors (Lipinski definition) is 8. The van der Waals surface area contributed by atoms with Crippen LogP contribution in [0.3, 0.4) is 0 Å². The molecule has 0 unspecified atom stereocenters. The zero-order valence-electron chi connectivity index (χ0n) is 21.2. The Kier molecular flexibility index (Phi) is 6.92. The predicted molar refractivity (Wildman–Crippen MR) is 130 cm³/mol. The van der Waals surface area contributed by atoms with Gasteiger partial charge in [-0.2, -0.15) is 0 Å². The number of fused-ring (bicyclic) bond motifs is 1. The van der Waals surface area contributed by atoms with Crippen molar-refractivity contribution in [1.29, 1.82) is 0 Å². The maximum Gasteiger partial charge on any atom is 0.180 e. The van der Waals surface area contributed by atoms with Crippen LogP contribution in [-0.2, 0) is 27.1 Å². The number of anilines is 1. The van der Waals surface area contributed by atoms with E-state index in [-0.39, 0.29) is 17.3 Å². The summed E-state index contributed by atoms with van der Waals surface area (Å²) >= 11 is 0. The van der Waals surface area contributed by atoms with Gasteiger partial charge < -0.3 is 19.1 Å². The minimum absolute atomic E-state index is 0.0352. The van der Waals surface area contributed by atoms with Crippen molar-refractivity contribution in [2.24, 2.45) is 5.41 Å². The van der Waals surface area contributed by atoms with Crippen LogP contribution in [0, 0.1) is 5.41 Å². The zero-order valence-corrected chi connectivity index (χ0v) is 21.2. The molecule has 2 aromatic heterocycles. The van der Waals surface area contributed by atoms with E-state index in [1.807, 2.05) is 37.9 Å². The van der Waals surface area contributed by atoms with Crippen molar-refractivity contribution in [2.75, 3.05) is 31.7 Å². The van der Waals surface area contributed by atoms with Gasteiger partial charge in [0.05, 0.1) is 13.2 Å². The summed E-state index contributed by atoms with van der Waals surface area (Å²) in [6.45, 7) is 11.3. The smallest absolute Gasteiger partial charge is 0.180 e. The molecule has 184 valence electrons. The predicted octanol–water partition coefficient (Wildman–Crippen LogP) is 4.00. The van der Waals surface area contributed by atoms with Crippen molar-refractivity contribution in [1.82, 2.24) is 15.0 Å². The molecule has 3 heterocycles. The van der Waals surface area contributed by atoms with E-state index in [1.54, 1.807) is 6.20 Å². The second-order valence-electron chi connectivity index (χ2n) is 10.9. The summed E-state index contributed by atoms with van der Waals surface area (Å²) in [4.78, 5) is 28.8. The average molecular weight is 469 g/mol. The number of aryl methyl sites for hydroxylation is 1. The normalized spacial score (nSPS) is 19.2. The van der Waals surface area contributed by atoms with Gasteiger partial charge in [0, 0.05) is 37.0 Å². The van der Waals surface area contributed by atoms with Crippen molar-refractivity contribution >= 4 is 11.6 Å². The highest BCUT2D eigenvalue weighted by atomic mass is 16.7. The van der Waals surface area contributed by atoms with E-state index in [0.717, 1.165) is 36.3 Å². The Morgan fingerprint density at radius 2 is 2.06 bits per heavy atom. The van der Waals surface area contributed by atoms with Gasteiger partial charge >= 0.3 is 0 Å². The average Bonchev–Trinajstić information content (AvgIpc) is 3.35. The summed E-state index contributed by atoms with van der Waals surface area (Å²) in [6, 6.07) is 3.67. The lowest BCUT2D eigenvalue weighted by Gasteiger charge is -2.23. The first-order valence-corrected chi connectivity index (χ1v) is 12.0. The maximum absolute atomic E-state index is 12.6. The monoisotopic (exact) mass is 468 g/mol. The number of rotatable bonds is 8. The Labute approximate surface area is 202 Å². The summed E-state index contributed by atoms with van der Waals surface area (Å²) in [7, 11) is 1.93. The van der Waals surface area contributed by atoms with Gasteiger partial charge in [-0.15, -0.1) is 0 Å². The lowest BCUT2D eigenvalue weighted by atomic mass is 9.90. The summed E-state index contributed by atoms with van der Waals surface area (Å²) in [5, 5.41) is 0. The number of hydrogen-bond donors (Lipinski definition) is 0. The molecule has 0 spiro atoms. The third-order valence-electron chi connectivity index (χ3n) is 5.88. The third-order valence-corrected chi connectivity index (χ3v) is 5.88. The molecule has 1 fully saturated rings. The van der Waals surface area contributed by atoms with Gasteiger partial charge in [-0.1, -0.05) is 20.8 Å². The van der Waals surface area contributed by atoms with Crippen LogP contribution in [0.15, 0.2) is 18.3 Å². The molecule has 2 aliphatic rings. The van der Waals surface area contributed by atoms with Crippen molar-refractivity contribution in [2.45, 2.75) is 72.2 Å². The van der Waals surface area contributed by atoms with Gasteiger partial charge in [0.1, 0.15) is 30.0 Å². The number of carbonyl (C=O) groups excluding carboxylic acids is 1. The molecule has 0 aromatic carbocycles. The molecule has 1 saturated heterocycles. The summed E-state index contributed by atoms with van der Waals surface area (Å²) < 4.78 is 17.4. The third kappa shape index (κ3) is 6.10. The molecule has 4 rings (SSSR count). The number of ketones is 1. The number of carbonyl (C=O) groups is 1. The van der Waals surface area contributed by atoms with Crippen LogP contribution < -0.4 is 9.64 Å². The minimum atomic E-state index is -0.577. The van der Waals surface area contributed by atoms with E-state index in [9.17, 15) is 4.79 Å². The van der Waals surface area contributed by atoms with Gasteiger partial charge in [-0.3, -0.25) is 9.78 Å². The molecule has 8 heteroatoms. The SMILES string of the molecule is CN(CC(=O)CC(C)(C)C)c1nc(-c2cc(OC[C@@H]3COC(C)(C)O3)ccn2)nc2c1CCC2. The van der Waals surface area contributed by atoms with Gasteiger partial charge in [-0.25, -0.2) is 9.97 Å². The second-order valence-corrected chi connectivity index (χ2v) is 10.9. The molecule has 1 atom stereocenters. The van der Waals surface area contributed by atoms with E-state index in [1.165, 1.54) is 0 Å². The van der Waals surface area contributed by atoms with Crippen LogP contribution in [0.4, 0.5) is 5.82 Å². The highest BCUT2D eigenvalue weighted by Gasteiger charge is 2.33. The zero-order chi connectivity index (χ0) is 24.5. The lowest BCUT2D eigenvalue weighted by Crippen LogP contribution is -2.30. The minimum Gasteiger partial charge on any atom is -0.491 e. The Morgan fingerprint density at radius 3 is 2.76 bits per heavy atom. The number of Topliss-reactive ketones (excluding diaryl/α,β-unsaturated/α-hetero) is 1. The Morgan fingerprint density at radius 1 is 1.26 bits per heavy atom. The Hall–Kier alpha value is -2.58. The number of nitrogens with zero attached hydrogens (tertiary/aromatic N) is 4. The first kappa shape index (κ1) is 24.5. The van der Waals surface area contributed by atoms with Gasteiger partial charge in [0.2, 0.25) is 0 Å². The number of likely N-dealkylation sites (N-methyl/N-ethyl adjacent to an activating group) is 1. The number of ether oxygens (including phenoxy) is 3. The van der Waals surface area contributed by atoms with Crippen LogP contribution >= 0.6 is 0 Å². The molecule has 1 aliphatic heterocycles. The fourth-order valence-corrected chi connectivity index (χ4v) is 4.49. The van der Waals surface area contributed by atoms with Crippen LogP contribution in [-0.4, -0.2) is 59.4 Å². The topological polar surface area (TPSA) is 86.7 Å². The first-order chi connectivity index (χ1) is 16.0. The standard InChI is InChI=1S/C26H36N4O4/c1-25(2,3)13-17(31)14-30(6)24-20-8-7-9-21(20)28-23(29-24)22-12-18(10-11-27-22)32-15-19-16-33-26(4,5)34-19/h10-12,19H,7-9,13-16H2,1-6H3/t19-/m1/s1. The fraction of sp³-hybridized carbons (Fsp3) is 0.615. The largest absolute Gasteiger partial charge is 0.491 e. The quantitative estimate of drug-likeness (QED) is 0.575. The van der Waals surface area contributed by atoms with Crippen LogP contribution in [0.5, 0.6) is 5.75 Å². The maximum atomic E-state index is 12.6. The van der Waals surface area contributed by atoms with E-state index in [4.69, 9.17) is 24.2 Å². The summed E-state index contributed by atoms with van der Waals surface area (Å²) in [5.74, 6) is 1.69. The van der Waals surface area contributed by atoms with Crippen molar-refractivity contribution in [3.63, 3.8) is 0 Å². The van der Waals surface area contributed by atoms with Crippen molar-refractivity contribution in [3.05, 3.63) is 29.6 Å². The molecular formula is C26H36N4O4. The molecule has 8 nitrogen and oxygen atoms in total. The second kappa shape index (κ2) is 9.58. The van der Waals surface area contributed by atoms with Crippen LogP contribution in [0.25, 0.3) is 11.5 Å². The van der Waals surface area contributed by atoms with Crippen molar-refractivity contribution < 1.29 is 19.0 Å². The van der Waals surface area contributed by atoms with Gasteiger partial charge in [-0.05, 0) is 44.6 Å². The molecule has 1 aliphatic carbocycles. The fourth-order valence-electron chi connectivity index (χ4n) is 4.49. The highest BCUT2D eigenvalue weighted by Crippen LogP contribution is 2.32.